The van der Waals surface area contributed by atoms with E-state index in [4.69, 9.17) is 9.47 Å². The largest absolute Gasteiger partial charge is 0.447 e. The Kier molecular flexibility index (Phi) is 5.01. The number of anilines is 1. The van der Waals surface area contributed by atoms with Gasteiger partial charge in [0.15, 0.2) is 11.5 Å². The molecular weight excluding hydrogens is 401 g/mol. The summed E-state index contributed by atoms with van der Waals surface area (Å²) in [5.74, 6) is -3.34. The van der Waals surface area contributed by atoms with E-state index >= 15 is 0 Å². The molecule has 0 radical (unpaired) electrons. The van der Waals surface area contributed by atoms with Gasteiger partial charge in [-0.25, -0.2) is 18.0 Å². The van der Waals surface area contributed by atoms with Crippen LogP contribution in [0.15, 0.2) is 60.7 Å². The highest BCUT2D eigenvalue weighted by Gasteiger charge is 2.28. The van der Waals surface area contributed by atoms with E-state index < -0.39 is 41.2 Å². The fourth-order valence-corrected chi connectivity index (χ4v) is 2.87. The van der Waals surface area contributed by atoms with Crippen molar-refractivity contribution in [1.82, 2.24) is 5.32 Å². The van der Waals surface area contributed by atoms with Crippen LogP contribution in [-0.4, -0.2) is 11.9 Å². The fourth-order valence-electron chi connectivity index (χ4n) is 2.87. The van der Waals surface area contributed by atoms with Gasteiger partial charge in [-0.05, 0) is 36.4 Å². The lowest BCUT2D eigenvalue weighted by Gasteiger charge is -2.10. The zero-order valence-electron chi connectivity index (χ0n) is 15.1. The van der Waals surface area contributed by atoms with E-state index in [2.05, 4.69) is 5.32 Å². The Morgan fingerprint density at radius 2 is 1.47 bits per heavy atom. The van der Waals surface area contributed by atoms with Gasteiger partial charge in [0.25, 0.3) is 12.2 Å². The molecule has 1 unspecified atom stereocenters. The van der Waals surface area contributed by atoms with Gasteiger partial charge in [-0.1, -0.05) is 18.2 Å². The number of nitrogens with one attached hydrogen (secondary N) is 2. The quantitative estimate of drug-likeness (QED) is 0.660. The van der Waals surface area contributed by atoms with Crippen LogP contribution in [0.5, 0.6) is 11.5 Å². The lowest BCUT2D eigenvalue weighted by atomic mass is 10.2. The SMILES string of the molecule is O=C(NC(=O)c1c(F)cccc1F)Nc1ccc2c(c1)OC(c1ccccc1F)O2. The topological polar surface area (TPSA) is 76.7 Å². The molecule has 9 heteroatoms. The van der Waals surface area contributed by atoms with E-state index in [0.717, 1.165) is 18.2 Å². The van der Waals surface area contributed by atoms with Gasteiger partial charge in [-0.2, -0.15) is 0 Å². The fraction of sp³-hybridized carbons (Fsp3) is 0.0476. The van der Waals surface area contributed by atoms with Crippen molar-refractivity contribution in [1.29, 1.82) is 0 Å². The minimum atomic E-state index is -1.23. The van der Waals surface area contributed by atoms with Gasteiger partial charge < -0.3 is 14.8 Å². The van der Waals surface area contributed by atoms with E-state index in [1.54, 1.807) is 6.07 Å². The van der Waals surface area contributed by atoms with Crippen LogP contribution in [0.3, 0.4) is 0 Å². The molecule has 0 fully saturated rings. The second kappa shape index (κ2) is 7.78. The van der Waals surface area contributed by atoms with Gasteiger partial charge >= 0.3 is 6.03 Å². The molecule has 2 N–H and O–H groups in total. The van der Waals surface area contributed by atoms with Crippen molar-refractivity contribution in [2.45, 2.75) is 6.29 Å². The van der Waals surface area contributed by atoms with Crippen LogP contribution in [0.4, 0.5) is 23.7 Å². The normalized spacial score (nSPS) is 14.3. The van der Waals surface area contributed by atoms with Crippen molar-refractivity contribution in [2.75, 3.05) is 5.32 Å². The minimum absolute atomic E-state index is 0.207. The Balaban J connectivity index is 1.44. The first-order valence-electron chi connectivity index (χ1n) is 8.70. The summed E-state index contributed by atoms with van der Waals surface area (Å²) in [5, 5.41) is 4.20. The van der Waals surface area contributed by atoms with Crippen LogP contribution in [0.2, 0.25) is 0 Å². The Labute approximate surface area is 168 Å². The van der Waals surface area contributed by atoms with Crippen LogP contribution < -0.4 is 20.1 Å². The molecule has 0 aromatic heterocycles. The highest BCUT2D eigenvalue weighted by atomic mass is 19.1. The number of amides is 3. The molecule has 0 spiro atoms. The second-order valence-electron chi connectivity index (χ2n) is 6.26. The molecular formula is C21H13F3N2O4. The van der Waals surface area contributed by atoms with Gasteiger partial charge in [-0.3, -0.25) is 10.1 Å². The Hall–Kier alpha value is -4.01. The van der Waals surface area contributed by atoms with Crippen LogP contribution >= 0.6 is 0 Å². The van der Waals surface area contributed by atoms with Gasteiger partial charge in [0.05, 0.1) is 5.56 Å². The molecule has 0 aliphatic carbocycles. The van der Waals surface area contributed by atoms with Crippen LogP contribution in [0.1, 0.15) is 22.2 Å². The van der Waals surface area contributed by atoms with Crippen molar-refractivity contribution >= 4 is 17.6 Å². The molecule has 1 atom stereocenters. The average Bonchev–Trinajstić information content (AvgIpc) is 3.11. The molecule has 30 heavy (non-hydrogen) atoms. The van der Waals surface area contributed by atoms with Crippen molar-refractivity contribution in [2.24, 2.45) is 0 Å². The Morgan fingerprint density at radius 3 is 2.20 bits per heavy atom. The number of fused-ring (bicyclic) bond motifs is 1. The van der Waals surface area contributed by atoms with Crippen molar-refractivity contribution in [3.63, 3.8) is 0 Å². The summed E-state index contributed by atoms with van der Waals surface area (Å²) < 4.78 is 52.3. The molecule has 0 saturated carbocycles. The number of ether oxygens (including phenoxy) is 2. The molecule has 0 saturated heterocycles. The first-order chi connectivity index (χ1) is 14.4. The second-order valence-corrected chi connectivity index (χ2v) is 6.26. The summed E-state index contributed by atoms with van der Waals surface area (Å²) in [7, 11) is 0. The lowest BCUT2D eigenvalue weighted by Crippen LogP contribution is -2.35. The summed E-state index contributed by atoms with van der Waals surface area (Å²) in [6.45, 7) is 0. The average molecular weight is 414 g/mol. The third-order valence-electron chi connectivity index (χ3n) is 4.25. The van der Waals surface area contributed by atoms with Crippen molar-refractivity contribution < 1.29 is 32.2 Å². The first-order valence-corrected chi connectivity index (χ1v) is 8.70. The number of hydrogen-bond donors (Lipinski definition) is 2. The van der Waals surface area contributed by atoms with E-state index in [0.29, 0.717) is 5.75 Å². The molecule has 4 rings (SSSR count). The summed E-state index contributed by atoms with van der Waals surface area (Å²) >= 11 is 0. The number of carbonyl (C=O) groups excluding carboxylic acids is 2. The maximum Gasteiger partial charge on any atom is 0.326 e. The number of imide groups is 1. The number of rotatable bonds is 3. The van der Waals surface area contributed by atoms with Gasteiger partial charge in [0.1, 0.15) is 23.0 Å². The van der Waals surface area contributed by atoms with Gasteiger partial charge in [0.2, 0.25) is 0 Å². The van der Waals surface area contributed by atoms with E-state index in [9.17, 15) is 22.8 Å². The summed E-state index contributed by atoms with van der Waals surface area (Å²) in [4.78, 5) is 24.0. The van der Waals surface area contributed by atoms with Crippen LogP contribution in [0, 0.1) is 17.5 Å². The molecule has 152 valence electrons. The van der Waals surface area contributed by atoms with Crippen LogP contribution in [-0.2, 0) is 0 Å². The van der Waals surface area contributed by atoms with Gasteiger partial charge in [-0.15, -0.1) is 0 Å². The number of hydrogen-bond acceptors (Lipinski definition) is 4. The standard InChI is InChI=1S/C21H13F3N2O4/c22-13-5-2-1-4-12(13)20-29-16-9-8-11(10-17(16)30-20)25-21(28)26-19(27)18-14(23)6-3-7-15(18)24/h1-10,20H,(H2,25,26,27,28). The molecule has 6 nitrogen and oxygen atoms in total. The van der Waals surface area contributed by atoms with Gasteiger partial charge in [0, 0.05) is 11.8 Å². The Bertz CT molecular complexity index is 1130. The van der Waals surface area contributed by atoms with E-state index in [-0.39, 0.29) is 17.0 Å². The molecule has 1 aliphatic heterocycles. The van der Waals surface area contributed by atoms with Crippen LogP contribution in [0.25, 0.3) is 0 Å². The lowest BCUT2D eigenvalue weighted by molar-refractivity contribution is 0.0454. The van der Waals surface area contributed by atoms with E-state index in [1.807, 2.05) is 5.32 Å². The Morgan fingerprint density at radius 1 is 0.800 bits per heavy atom. The summed E-state index contributed by atoms with van der Waals surface area (Å²) in [5.41, 5.74) is -0.449. The van der Waals surface area contributed by atoms with Crippen molar-refractivity contribution in [3.05, 3.63) is 89.2 Å². The smallest absolute Gasteiger partial charge is 0.326 e. The monoisotopic (exact) mass is 414 g/mol. The maximum absolute atomic E-state index is 13.9. The molecule has 1 aliphatic rings. The third kappa shape index (κ3) is 3.77. The zero-order valence-corrected chi connectivity index (χ0v) is 15.1. The maximum atomic E-state index is 13.9. The first kappa shape index (κ1) is 19.3. The highest BCUT2D eigenvalue weighted by Crippen LogP contribution is 2.42. The van der Waals surface area contributed by atoms with Crippen molar-refractivity contribution in [3.8, 4) is 11.5 Å². The molecule has 0 bridgehead atoms. The molecule has 1 heterocycles. The third-order valence-corrected chi connectivity index (χ3v) is 4.25. The molecule has 3 aromatic carbocycles. The molecule has 3 aromatic rings. The highest BCUT2D eigenvalue weighted by molar-refractivity contribution is 6.08. The number of urea groups is 1. The minimum Gasteiger partial charge on any atom is -0.447 e. The molecule has 3 amide bonds. The number of carbonyl (C=O) groups is 2. The predicted molar refractivity (Wildman–Crippen MR) is 99.7 cm³/mol. The zero-order chi connectivity index (χ0) is 21.3. The number of benzene rings is 3. The summed E-state index contributed by atoms with van der Waals surface area (Å²) in [6, 6.07) is 12.2. The van der Waals surface area contributed by atoms with E-state index in [1.165, 1.54) is 36.4 Å². The summed E-state index contributed by atoms with van der Waals surface area (Å²) in [6.07, 6.45) is -0.990. The predicted octanol–water partition coefficient (Wildman–Crippen LogP) is 4.54. The number of halogens is 3.